The summed E-state index contributed by atoms with van der Waals surface area (Å²) in [6, 6.07) is 8.82. The van der Waals surface area contributed by atoms with Gasteiger partial charge in [0.2, 0.25) is 0 Å². The fraction of sp³-hybridized carbons (Fsp3) is 0.214. The van der Waals surface area contributed by atoms with Crippen LogP contribution in [0.3, 0.4) is 0 Å². The maximum atomic E-state index is 12.3. The molecule has 1 heterocycles. The first-order chi connectivity index (χ1) is 9.51. The molecular weight excluding hydrogens is 360 g/mol. The molecule has 1 N–H and O–H groups in total. The summed E-state index contributed by atoms with van der Waals surface area (Å²) in [7, 11) is -1.23. The zero-order valence-electron chi connectivity index (χ0n) is 10.8. The van der Waals surface area contributed by atoms with Gasteiger partial charge < -0.3 is 5.11 Å². The highest BCUT2D eigenvalue weighted by atomic mass is 79.9. The minimum atomic E-state index is -1.23. The number of carbonyl (C=O) groups is 1. The number of halogens is 1. The van der Waals surface area contributed by atoms with Gasteiger partial charge in [-0.25, -0.2) is 4.79 Å². The molecule has 0 fully saturated rings. The molecule has 3 nitrogen and oxygen atoms in total. The van der Waals surface area contributed by atoms with Crippen LogP contribution >= 0.6 is 27.3 Å². The van der Waals surface area contributed by atoms with Crippen LogP contribution in [0.2, 0.25) is 0 Å². The summed E-state index contributed by atoms with van der Waals surface area (Å²) in [6.07, 6.45) is 0.971. The van der Waals surface area contributed by atoms with Gasteiger partial charge in [0.1, 0.15) is 0 Å². The Kier molecular flexibility index (Phi) is 5.12. The van der Waals surface area contributed by atoms with Crippen molar-refractivity contribution < 1.29 is 14.1 Å². The van der Waals surface area contributed by atoms with Crippen LogP contribution in [0.1, 0.15) is 27.0 Å². The molecule has 20 heavy (non-hydrogen) atoms. The maximum absolute atomic E-state index is 12.3. The van der Waals surface area contributed by atoms with E-state index in [1.54, 1.807) is 23.5 Å². The number of aromatic carboxylic acids is 1. The molecule has 1 aromatic carbocycles. The predicted molar refractivity (Wildman–Crippen MR) is 84.9 cm³/mol. The van der Waals surface area contributed by atoms with Gasteiger partial charge in [-0.05, 0) is 52.7 Å². The molecule has 0 aliphatic carbocycles. The Morgan fingerprint density at radius 3 is 2.60 bits per heavy atom. The highest BCUT2D eigenvalue weighted by Crippen LogP contribution is 2.24. The van der Waals surface area contributed by atoms with E-state index in [9.17, 15) is 9.00 Å². The monoisotopic (exact) mass is 372 g/mol. The molecule has 6 heteroatoms. The smallest absolute Gasteiger partial charge is 0.336 e. The van der Waals surface area contributed by atoms with Crippen LogP contribution in [0.5, 0.6) is 0 Å². The van der Waals surface area contributed by atoms with E-state index in [0.29, 0.717) is 15.1 Å². The number of hydrogen-bond donors (Lipinski definition) is 1. The van der Waals surface area contributed by atoms with Gasteiger partial charge in [0.15, 0.2) is 0 Å². The lowest BCUT2D eigenvalue weighted by atomic mass is 10.2. The van der Waals surface area contributed by atoms with E-state index in [1.165, 1.54) is 10.9 Å². The van der Waals surface area contributed by atoms with Crippen molar-refractivity contribution in [2.45, 2.75) is 24.0 Å². The van der Waals surface area contributed by atoms with Gasteiger partial charge in [-0.15, -0.1) is 11.3 Å². The van der Waals surface area contributed by atoms with Crippen molar-refractivity contribution in [1.29, 1.82) is 0 Å². The van der Waals surface area contributed by atoms with Gasteiger partial charge >= 0.3 is 5.97 Å². The molecule has 2 aromatic rings. The quantitative estimate of drug-likeness (QED) is 0.859. The van der Waals surface area contributed by atoms with Gasteiger partial charge in [0.25, 0.3) is 0 Å². The van der Waals surface area contributed by atoms with Gasteiger partial charge in [-0.3, -0.25) is 4.21 Å². The Morgan fingerprint density at radius 2 is 2.00 bits per heavy atom. The highest BCUT2D eigenvalue weighted by Gasteiger charge is 2.13. The van der Waals surface area contributed by atoms with Crippen molar-refractivity contribution in [2.75, 3.05) is 0 Å². The van der Waals surface area contributed by atoms with Crippen molar-refractivity contribution in [3.8, 4) is 0 Å². The van der Waals surface area contributed by atoms with E-state index in [1.807, 2.05) is 12.1 Å². The molecule has 0 spiro atoms. The lowest BCUT2D eigenvalue weighted by Gasteiger charge is -2.04. The Balaban J connectivity index is 2.21. The molecule has 2 rings (SSSR count). The number of thiophene rings is 1. The standard InChI is InChI=1S/C14H13BrO3S2/c1-2-9-3-4-10(19-9)8-20(18)11-5-6-13(15)12(7-11)14(16)17/h3-7H,2,8H2,1H3,(H,16,17). The largest absolute Gasteiger partial charge is 0.478 e. The fourth-order valence-corrected chi connectivity index (χ4v) is 4.43. The Morgan fingerprint density at radius 1 is 1.30 bits per heavy atom. The van der Waals surface area contributed by atoms with Crippen LogP contribution < -0.4 is 0 Å². The number of hydrogen-bond acceptors (Lipinski definition) is 3. The van der Waals surface area contributed by atoms with E-state index in [0.717, 1.165) is 11.3 Å². The summed E-state index contributed by atoms with van der Waals surface area (Å²) in [4.78, 5) is 13.9. The zero-order valence-corrected chi connectivity index (χ0v) is 14.0. The third-order valence-electron chi connectivity index (χ3n) is 2.77. The van der Waals surface area contributed by atoms with Crippen LogP contribution in [-0.4, -0.2) is 15.3 Å². The second kappa shape index (κ2) is 6.65. The van der Waals surface area contributed by atoms with Crippen molar-refractivity contribution in [1.82, 2.24) is 0 Å². The summed E-state index contributed by atoms with van der Waals surface area (Å²) >= 11 is 4.83. The van der Waals surface area contributed by atoms with Crippen LogP contribution in [0.15, 0.2) is 39.7 Å². The number of aryl methyl sites for hydroxylation is 1. The first-order valence-electron chi connectivity index (χ1n) is 6.00. The van der Waals surface area contributed by atoms with E-state index in [-0.39, 0.29) is 5.56 Å². The zero-order chi connectivity index (χ0) is 14.7. The first kappa shape index (κ1) is 15.4. The summed E-state index contributed by atoms with van der Waals surface area (Å²) < 4.78 is 12.8. The molecule has 1 aromatic heterocycles. The fourth-order valence-electron chi connectivity index (χ4n) is 1.71. The van der Waals surface area contributed by atoms with Crippen LogP contribution in [0, 0.1) is 0 Å². The second-order valence-corrected chi connectivity index (χ2v) is 7.72. The Labute approximate surface area is 132 Å². The molecule has 0 aliphatic heterocycles. The lowest BCUT2D eigenvalue weighted by molar-refractivity contribution is 0.0695. The average molecular weight is 373 g/mol. The predicted octanol–water partition coefficient (Wildman–Crippen LogP) is 4.08. The molecule has 1 unspecified atom stereocenters. The number of carboxylic acids is 1. The third-order valence-corrected chi connectivity index (χ3v) is 6.23. The molecule has 1 atom stereocenters. The molecule has 0 radical (unpaired) electrons. The minimum absolute atomic E-state index is 0.135. The average Bonchev–Trinajstić information content (AvgIpc) is 2.86. The highest BCUT2D eigenvalue weighted by molar-refractivity contribution is 9.10. The summed E-state index contributed by atoms with van der Waals surface area (Å²) in [5.74, 6) is -0.606. The topological polar surface area (TPSA) is 54.4 Å². The van der Waals surface area contributed by atoms with Gasteiger partial charge in [-0.1, -0.05) is 6.92 Å². The summed E-state index contributed by atoms with van der Waals surface area (Å²) in [5, 5.41) is 9.07. The van der Waals surface area contributed by atoms with Crippen molar-refractivity contribution >= 4 is 44.0 Å². The Bertz CT molecular complexity index is 664. The van der Waals surface area contributed by atoms with Gasteiger partial charge in [0.05, 0.1) is 22.1 Å². The number of rotatable bonds is 5. The molecule has 0 saturated heterocycles. The van der Waals surface area contributed by atoms with E-state index < -0.39 is 16.8 Å². The normalized spacial score (nSPS) is 12.3. The third kappa shape index (κ3) is 3.56. The SMILES string of the molecule is CCc1ccc(CS(=O)c2ccc(Br)c(C(=O)O)c2)s1. The molecular formula is C14H13BrO3S2. The van der Waals surface area contributed by atoms with E-state index >= 15 is 0 Å². The molecule has 0 amide bonds. The van der Waals surface area contributed by atoms with Crippen molar-refractivity contribution in [3.63, 3.8) is 0 Å². The first-order valence-corrected chi connectivity index (χ1v) is 8.93. The maximum Gasteiger partial charge on any atom is 0.336 e. The molecule has 106 valence electrons. The molecule has 0 bridgehead atoms. The van der Waals surface area contributed by atoms with Crippen molar-refractivity contribution in [3.05, 3.63) is 50.1 Å². The minimum Gasteiger partial charge on any atom is -0.478 e. The molecule has 0 saturated carbocycles. The van der Waals surface area contributed by atoms with Crippen LogP contribution in [0.4, 0.5) is 0 Å². The van der Waals surface area contributed by atoms with E-state index in [4.69, 9.17) is 5.11 Å². The Hall–Kier alpha value is -0.980. The number of benzene rings is 1. The van der Waals surface area contributed by atoms with Crippen LogP contribution in [-0.2, 0) is 23.0 Å². The lowest BCUT2D eigenvalue weighted by Crippen LogP contribution is -2.01. The van der Waals surface area contributed by atoms with Crippen molar-refractivity contribution in [2.24, 2.45) is 0 Å². The van der Waals surface area contributed by atoms with Gasteiger partial charge in [0, 0.05) is 19.1 Å². The van der Waals surface area contributed by atoms with E-state index in [2.05, 4.69) is 22.9 Å². The second-order valence-electron chi connectivity index (χ2n) is 4.16. The summed E-state index contributed by atoms with van der Waals surface area (Å²) in [5.41, 5.74) is 0.135. The molecule has 0 aliphatic rings. The number of carboxylic acid groups (broad SMARTS) is 1. The van der Waals surface area contributed by atoms with Gasteiger partial charge in [-0.2, -0.15) is 0 Å². The van der Waals surface area contributed by atoms with Crippen LogP contribution in [0.25, 0.3) is 0 Å². The summed E-state index contributed by atoms with van der Waals surface area (Å²) in [6.45, 7) is 2.08.